The summed E-state index contributed by atoms with van der Waals surface area (Å²) in [4.78, 5) is 32.0. The van der Waals surface area contributed by atoms with Crippen LogP contribution in [0.1, 0.15) is 89.8 Å². The van der Waals surface area contributed by atoms with Gasteiger partial charge >= 0.3 is 5.97 Å². The predicted molar refractivity (Wildman–Crippen MR) is 152 cm³/mol. The maximum Gasteiger partial charge on any atom is 0.305 e. The van der Waals surface area contributed by atoms with Crippen LogP contribution in [-0.4, -0.2) is 45.0 Å². The lowest BCUT2D eigenvalue weighted by Crippen LogP contribution is -2.39. The highest BCUT2D eigenvalue weighted by atomic mass is 19.1. The zero-order chi connectivity index (χ0) is 28.2. The van der Waals surface area contributed by atoms with Gasteiger partial charge in [0.1, 0.15) is 11.5 Å². The summed E-state index contributed by atoms with van der Waals surface area (Å²) >= 11 is 0. The van der Waals surface area contributed by atoms with E-state index in [2.05, 4.69) is 19.1 Å². The number of rotatable bonds is 6. The molecule has 2 aliphatic carbocycles. The quantitative estimate of drug-likeness (QED) is 0.265. The van der Waals surface area contributed by atoms with Crippen LogP contribution in [0.25, 0.3) is 16.9 Å². The van der Waals surface area contributed by atoms with E-state index in [4.69, 9.17) is 14.8 Å². The topological polar surface area (TPSA) is 76.8 Å². The first-order valence-corrected chi connectivity index (χ1v) is 14.6. The van der Waals surface area contributed by atoms with Crippen molar-refractivity contribution in [1.29, 1.82) is 0 Å². The van der Waals surface area contributed by atoms with E-state index in [1.807, 2.05) is 29.2 Å². The number of benzene rings is 2. The predicted octanol–water partition coefficient (Wildman–Crippen LogP) is 6.23. The largest absolute Gasteiger partial charge is 0.469 e. The van der Waals surface area contributed by atoms with Crippen LogP contribution in [0, 0.1) is 11.7 Å². The monoisotopic (exact) mass is 552 g/mol. The third kappa shape index (κ3) is 4.69. The van der Waals surface area contributed by atoms with Crippen molar-refractivity contribution in [2.45, 2.75) is 63.3 Å². The van der Waals surface area contributed by atoms with Crippen molar-refractivity contribution in [3.8, 4) is 11.3 Å². The lowest BCUT2D eigenvalue weighted by atomic mass is 9.70. The fourth-order valence-electron chi connectivity index (χ4n) is 6.59. The zero-order valence-electron chi connectivity index (χ0n) is 23.3. The number of esters is 1. The average molecular weight is 553 g/mol. The summed E-state index contributed by atoms with van der Waals surface area (Å²) in [6.07, 6.45) is 5.03. The standard InChI is InChI=1S/C33H33FN4O3/c1-19-25-6-4-3-5-21(25)11-12-37(19)33(40)29-17-30(22-7-8-22)38-31(35-29)18-28(36-38)26-10-9-23(16-27(26)34)24-13-20(14-24)15-32(39)41-2/h3-6,9-10,16-20,22,24H,7-8,11-15H2,1-2H3/t19-,20?,24?/m1/s1. The van der Waals surface area contributed by atoms with E-state index >= 15 is 4.39 Å². The van der Waals surface area contributed by atoms with E-state index in [9.17, 15) is 9.59 Å². The van der Waals surface area contributed by atoms with Gasteiger partial charge in [0.15, 0.2) is 5.65 Å². The molecule has 4 aromatic rings. The first-order chi connectivity index (χ1) is 19.9. The van der Waals surface area contributed by atoms with Crippen LogP contribution in [0.4, 0.5) is 4.39 Å². The second-order valence-corrected chi connectivity index (χ2v) is 11.8. The Kier molecular flexibility index (Phi) is 6.36. The summed E-state index contributed by atoms with van der Waals surface area (Å²) < 4.78 is 22.0. The van der Waals surface area contributed by atoms with Crippen molar-refractivity contribution in [2.75, 3.05) is 13.7 Å². The summed E-state index contributed by atoms with van der Waals surface area (Å²) in [7, 11) is 1.40. The number of ether oxygens (including phenoxy) is 1. The Morgan fingerprint density at radius 3 is 2.61 bits per heavy atom. The number of hydrogen-bond donors (Lipinski definition) is 0. The molecule has 7 rings (SSSR count). The van der Waals surface area contributed by atoms with E-state index in [-0.39, 0.29) is 29.7 Å². The van der Waals surface area contributed by atoms with E-state index in [1.165, 1.54) is 18.2 Å². The summed E-state index contributed by atoms with van der Waals surface area (Å²) in [5, 5.41) is 4.76. The number of hydrogen-bond acceptors (Lipinski definition) is 5. The molecule has 2 aromatic heterocycles. The highest BCUT2D eigenvalue weighted by Crippen LogP contribution is 2.44. The van der Waals surface area contributed by atoms with E-state index < -0.39 is 0 Å². The third-order valence-corrected chi connectivity index (χ3v) is 9.18. The molecule has 0 N–H and O–H groups in total. The minimum Gasteiger partial charge on any atom is -0.469 e. The van der Waals surface area contributed by atoms with Crippen LogP contribution < -0.4 is 0 Å². The van der Waals surface area contributed by atoms with Gasteiger partial charge in [-0.3, -0.25) is 9.59 Å². The second-order valence-electron chi connectivity index (χ2n) is 11.8. The van der Waals surface area contributed by atoms with Crippen LogP contribution in [0.3, 0.4) is 0 Å². The molecule has 0 saturated heterocycles. The molecule has 0 bridgehead atoms. The van der Waals surface area contributed by atoms with E-state index in [0.29, 0.717) is 47.4 Å². The van der Waals surface area contributed by atoms with Gasteiger partial charge in [-0.05, 0) is 85.8 Å². The van der Waals surface area contributed by atoms with Crippen molar-refractivity contribution in [3.05, 3.63) is 88.5 Å². The number of fused-ring (bicyclic) bond motifs is 2. The minimum absolute atomic E-state index is 0.0330. The molecule has 0 unspecified atom stereocenters. The molecule has 2 saturated carbocycles. The lowest BCUT2D eigenvalue weighted by molar-refractivity contribution is -0.142. The molecule has 210 valence electrons. The molecule has 2 fully saturated rings. The molecule has 3 heterocycles. The van der Waals surface area contributed by atoms with Gasteiger partial charge in [0.2, 0.25) is 0 Å². The second kappa shape index (κ2) is 10.1. The van der Waals surface area contributed by atoms with Gasteiger partial charge in [-0.1, -0.05) is 30.3 Å². The summed E-state index contributed by atoms with van der Waals surface area (Å²) in [5.41, 5.74) is 6.27. The molecule has 1 atom stereocenters. The average Bonchev–Trinajstić information content (AvgIpc) is 3.72. The Morgan fingerprint density at radius 1 is 1.05 bits per heavy atom. The number of amides is 1. The first-order valence-electron chi connectivity index (χ1n) is 14.6. The number of methoxy groups -OCH3 is 1. The number of aromatic nitrogens is 3. The molecule has 1 aliphatic heterocycles. The summed E-state index contributed by atoms with van der Waals surface area (Å²) in [6, 6.07) is 17.3. The van der Waals surface area contributed by atoms with Crippen LogP contribution in [0.2, 0.25) is 0 Å². The summed E-state index contributed by atoms with van der Waals surface area (Å²) in [6.45, 7) is 2.72. The van der Waals surface area contributed by atoms with Crippen LogP contribution >= 0.6 is 0 Å². The molecule has 41 heavy (non-hydrogen) atoms. The fraction of sp³-hybridized carbons (Fsp3) is 0.394. The number of halogens is 1. The third-order valence-electron chi connectivity index (χ3n) is 9.18. The van der Waals surface area contributed by atoms with Crippen molar-refractivity contribution < 1.29 is 18.7 Å². The van der Waals surface area contributed by atoms with E-state index in [1.54, 1.807) is 22.7 Å². The molecule has 0 radical (unpaired) electrons. The highest BCUT2D eigenvalue weighted by Gasteiger charge is 2.34. The minimum atomic E-state index is -0.326. The van der Waals surface area contributed by atoms with Crippen LogP contribution in [-0.2, 0) is 16.0 Å². The molecule has 8 heteroatoms. The molecule has 7 nitrogen and oxygen atoms in total. The van der Waals surface area contributed by atoms with Gasteiger partial charge in [0.25, 0.3) is 5.91 Å². The van der Waals surface area contributed by atoms with Gasteiger partial charge in [-0.25, -0.2) is 13.9 Å². The van der Waals surface area contributed by atoms with E-state index in [0.717, 1.165) is 43.4 Å². The van der Waals surface area contributed by atoms with Gasteiger partial charge < -0.3 is 9.64 Å². The SMILES string of the molecule is COC(=O)CC1CC(c2ccc(-c3cc4nc(C(=O)N5CCc6ccccc6[C@H]5C)cc(C5CC5)n4n3)c(F)c2)C1. The molecular weight excluding hydrogens is 519 g/mol. The van der Waals surface area contributed by atoms with Crippen molar-refractivity contribution in [1.82, 2.24) is 19.5 Å². The van der Waals surface area contributed by atoms with Gasteiger partial charge in [0.05, 0.1) is 18.8 Å². The van der Waals surface area contributed by atoms with Gasteiger partial charge in [0, 0.05) is 36.2 Å². The molecule has 1 amide bonds. The Labute approximate surface area is 238 Å². The number of nitrogens with zero attached hydrogens (tertiary/aromatic N) is 4. The molecule has 3 aliphatic rings. The maximum absolute atomic E-state index is 15.4. The Morgan fingerprint density at radius 2 is 1.85 bits per heavy atom. The number of carbonyl (C=O) groups excluding carboxylic acids is 2. The smallest absolute Gasteiger partial charge is 0.305 e. The van der Waals surface area contributed by atoms with Crippen molar-refractivity contribution >= 4 is 17.5 Å². The fourth-order valence-corrected chi connectivity index (χ4v) is 6.59. The Balaban J connectivity index is 1.16. The molecule has 0 spiro atoms. The lowest BCUT2D eigenvalue weighted by Gasteiger charge is -2.35. The van der Waals surface area contributed by atoms with Crippen LogP contribution in [0.5, 0.6) is 0 Å². The summed E-state index contributed by atoms with van der Waals surface area (Å²) in [5.74, 6) is 0.257. The molecular formula is C33H33FN4O3. The Hall–Kier alpha value is -4.07. The molecule has 2 aromatic carbocycles. The first kappa shape index (κ1) is 25.9. The number of carbonyl (C=O) groups is 2. The Bertz CT molecular complexity index is 1670. The van der Waals surface area contributed by atoms with Crippen molar-refractivity contribution in [3.63, 3.8) is 0 Å². The zero-order valence-corrected chi connectivity index (χ0v) is 23.3. The van der Waals surface area contributed by atoms with Gasteiger partial charge in [-0.15, -0.1) is 0 Å². The maximum atomic E-state index is 15.4. The van der Waals surface area contributed by atoms with Gasteiger partial charge in [-0.2, -0.15) is 5.10 Å². The highest BCUT2D eigenvalue weighted by molar-refractivity contribution is 5.93. The normalized spacial score (nSPS) is 21.8. The van der Waals surface area contributed by atoms with Crippen LogP contribution in [0.15, 0.2) is 54.6 Å². The van der Waals surface area contributed by atoms with Crippen molar-refractivity contribution in [2.24, 2.45) is 5.92 Å².